The highest BCUT2D eigenvalue weighted by molar-refractivity contribution is 5.29. The van der Waals surface area contributed by atoms with Crippen molar-refractivity contribution in [3.8, 4) is 5.75 Å². The van der Waals surface area contributed by atoms with Gasteiger partial charge < -0.3 is 9.47 Å². The summed E-state index contributed by atoms with van der Waals surface area (Å²) in [6.07, 6.45) is 0.116. The van der Waals surface area contributed by atoms with Crippen molar-refractivity contribution in [2.24, 2.45) is 0 Å². The molecule has 1 saturated heterocycles. The second-order valence-corrected chi connectivity index (χ2v) is 6.92. The molecule has 4 rings (SSSR count). The molecule has 0 N–H and O–H groups in total. The number of hydrogen-bond acceptors (Lipinski definition) is 3. The number of ether oxygens (including phenoxy) is 2. The van der Waals surface area contributed by atoms with Crippen LogP contribution in [-0.4, -0.2) is 24.6 Å². The highest BCUT2D eigenvalue weighted by Crippen LogP contribution is 2.25. The first-order valence-electron chi connectivity index (χ1n) is 9.51. The minimum atomic E-state index is 0.116. The van der Waals surface area contributed by atoms with Gasteiger partial charge in [-0.3, -0.25) is 4.90 Å². The number of benzene rings is 3. The summed E-state index contributed by atoms with van der Waals surface area (Å²) in [6, 6.07) is 29.2. The van der Waals surface area contributed by atoms with Crippen LogP contribution in [0.2, 0.25) is 0 Å². The van der Waals surface area contributed by atoms with E-state index in [1.807, 2.05) is 30.3 Å². The maximum atomic E-state index is 6.02. The molecule has 0 amide bonds. The monoisotopic (exact) mass is 359 g/mol. The molecule has 1 unspecified atom stereocenters. The zero-order valence-electron chi connectivity index (χ0n) is 15.5. The van der Waals surface area contributed by atoms with Crippen LogP contribution in [0.4, 0.5) is 0 Å². The number of morpholine rings is 1. The quantitative estimate of drug-likeness (QED) is 0.629. The van der Waals surface area contributed by atoms with E-state index in [9.17, 15) is 0 Å². The standard InChI is InChI=1S/C24H25NO2/c1-3-7-20(8-4-1)17-25-15-16-26-24(18-25)22-11-13-23(14-12-22)27-19-21-9-5-2-6-10-21/h1-14,24H,15-19H2. The van der Waals surface area contributed by atoms with Crippen LogP contribution < -0.4 is 4.74 Å². The first-order chi connectivity index (χ1) is 13.4. The average Bonchev–Trinajstić information content (AvgIpc) is 2.74. The van der Waals surface area contributed by atoms with Gasteiger partial charge in [0.05, 0.1) is 12.7 Å². The van der Waals surface area contributed by atoms with Crippen molar-refractivity contribution in [3.05, 3.63) is 102 Å². The lowest BCUT2D eigenvalue weighted by Gasteiger charge is -2.33. The Morgan fingerprint density at radius 3 is 2.19 bits per heavy atom. The molecule has 0 radical (unpaired) electrons. The van der Waals surface area contributed by atoms with Gasteiger partial charge in [-0.25, -0.2) is 0 Å². The lowest BCUT2D eigenvalue weighted by Crippen LogP contribution is -2.37. The Morgan fingerprint density at radius 2 is 1.48 bits per heavy atom. The summed E-state index contributed by atoms with van der Waals surface area (Å²) in [5, 5.41) is 0. The summed E-state index contributed by atoms with van der Waals surface area (Å²) in [5.74, 6) is 0.888. The van der Waals surface area contributed by atoms with Crippen LogP contribution in [0, 0.1) is 0 Å². The first-order valence-corrected chi connectivity index (χ1v) is 9.51. The lowest BCUT2D eigenvalue weighted by atomic mass is 10.1. The normalized spacial score (nSPS) is 17.6. The molecule has 0 aromatic heterocycles. The van der Waals surface area contributed by atoms with Crippen LogP contribution in [0.5, 0.6) is 5.75 Å². The largest absolute Gasteiger partial charge is 0.489 e. The topological polar surface area (TPSA) is 21.7 Å². The molecule has 3 nitrogen and oxygen atoms in total. The van der Waals surface area contributed by atoms with Gasteiger partial charge in [-0.05, 0) is 28.8 Å². The van der Waals surface area contributed by atoms with Crippen molar-refractivity contribution in [3.63, 3.8) is 0 Å². The molecule has 27 heavy (non-hydrogen) atoms. The fourth-order valence-electron chi connectivity index (χ4n) is 3.41. The number of nitrogens with zero attached hydrogens (tertiary/aromatic N) is 1. The summed E-state index contributed by atoms with van der Waals surface area (Å²) >= 11 is 0. The zero-order chi connectivity index (χ0) is 18.3. The molecule has 1 heterocycles. The van der Waals surface area contributed by atoms with E-state index < -0.39 is 0 Å². The van der Waals surface area contributed by atoms with Crippen molar-refractivity contribution >= 4 is 0 Å². The van der Waals surface area contributed by atoms with Crippen molar-refractivity contribution in [1.82, 2.24) is 4.90 Å². The summed E-state index contributed by atoms with van der Waals surface area (Å²) in [6.45, 7) is 4.22. The van der Waals surface area contributed by atoms with Crippen LogP contribution in [0.1, 0.15) is 22.8 Å². The van der Waals surface area contributed by atoms with Gasteiger partial charge in [0.25, 0.3) is 0 Å². The van der Waals surface area contributed by atoms with Crippen molar-refractivity contribution in [2.75, 3.05) is 19.7 Å². The van der Waals surface area contributed by atoms with E-state index in [1.165, 1.54) is 16.7 Å². The van der Waals surface area contributed by atoms with Gasteiger partial charge in [-0.2, -0.15) is 0 Å². The molecular formula is C24H25NO2. The van der Waals surface area contributed by atoms with E-state index in [-0.39, 0.29) is 6.10 Å². The summed E-state index contributed by atoms with van der Waals surface area (Å²) in [7, 11) is 0. The van der Waals surface area contributed by atoms with Gasteiger partial charge in [0.15, 0.2) is 0 Å². The maximum absolute atomic E-state index is 6.02. The summed E-state index contributed by atoms with van der Waals surface area (Å²) in [5.41, 5.74) is 3.73. The molecule has 0 spiro atoms. The van der Waals surface area contributed by atoms with Crippen LogP contribution in [0.3, 0.4) is 0 Å². The second-order valence-electron chi connectivity index (χ2n) is 6.92. The molecule has 0 bridgehead atoms. The second kappa shape index (κ2) is 8.85. The van der Waals surface area contributed by atoms with Crippen molar-refractivity contribution in [1.29, 1.82) is 0 Å². The van der Waals surface area contributed by atoms with E-state index in [0.717, 1.165) is 32.0 Å². The Hall–Kier alpha value is -2.62. The van der Waals surface area contributed by atoms with E-state index in [0.29, 0.717) is 6.61 Å². The maximum Gasteiger partial charge on any atom is 0.119 e. The number of rotatable bonds is 6. The summed E-state index contributed by atoms with van der Waals surface area (Å²) < 4.78 is 11.9. The third-order valence-corrected chi connectivity index (χ3v) is 4.90. The van der Waals surface area contributed by atoms with Gasteiger partial charge in [-0.1, -0.05) is 72.8 Å². The molecule has 0 saturated carbocycles. The van der Waals surface area contributed by atoms with Crippen LogP contribution in [0.25, 0.3) is 0 Å². The van der Waals surface area contributed by atoms with Gasteiger partial charge in [0, 0.05) is 19.6 Å². The average molecular weight is 359 g/mol. The molecule has 138 valence electrons. The number of hydrogen-bond donors (Lipinski definition) is 0. The highest BCUT2D eigenvalue weighted by atomic mass is 16.5. The molecule has 0 aliphatic carbocycles. The lowest BCUT2D eigenvalue weighted by molar-refractivity contribution is -0.0329. The Kier molecular flexibility index (Phi) is 5.83. The molecule has 3 aromatic rings. The Bertz CT molecular complexity index is 818. The summed E-state index contributed by atoms with van der Waals surface area (Å²) in [4.78, 5) is 2.46. The third-order valence-electron chi connectivity index (χ3n) is 4.90. The van der Waals surface area contributed by atoms with E-state index in [1.54, 1.807) is 0 Å². The predicted octanol–water partition coefficient (Wildman–Crippen LogP) is 4.84. The van der Waals surface area contributed by atoms with Crippen molar-refractivity contribution < 1.29 is 9.47 Å². The SMILES string of the molecule is c1ccc(COc2ccc(C3CN(Cc4ccccc4)CCO3)cc2)cc1. The Morgan fingerprint density at radius 1 is 0.815 bits per heavy atom. The van der Waals surface area contributed by atoms with Crippen LogP contribution in [-0.2, 0) is 17.9 Å². The minimum Gasteiger partial charge on any atom is -0.489 e. The predicted molar refractivity (Wildman–Crippen MR) is 108 cm³/mol. The fourth-order valence-corrected chi connectivity index (χ4v) is 3.41. The highest BCUT2D eigenvalue weighted by Gasteiger charge is 2.22. The first kappa shape index (κ1) is 17.8. The van der Waals surface area contributed by atoms with E-state index in [2.05, 4.69) is 59.5 Å². The van der Waals surface area contributed by atoms with Gasteiger partial charge in [-0.15, -0.1) is 0 Å². The van der Waals surface area contributed by atoms with E-state index >= 15 is 0 Å². The molecule has 3 heteroatoms. The van der Waals surface area contributed by atoms with Gasteiger partial charge in [0.1, 0.15) is 12.4 Å². The molecule has 3 aromatic carbocycles. The Balaban J connectivity index is 1.34. The van der Waals surface area contributed by atoms with Crippen molar-refractivity contribution in [2.45, 2.75) is 19.3 Å². The van der Waals surface area contributed by atoms with Gasteiger partial charge >= 0.3 is 0 Å². The van der Waals surface area contributed by atoms with Crippen LogP contribution >= 0.6 is 0 Å². The van der Waals surface area contributed by atoms with Gasteiger partial charge in [0.2, 0.25) is 0 Å². The van der Waals surface area contributed by atoms with Crippen LogP contribution in [0.15, 0.2) is 84.9 Å². The Labute approximate surface area is 161 Å². The third kappa shape index (κ3) is 4.97. The molecule has 1 aliphatic rings. The molecule has 1 fully saturated rings. The van der Waals surface area contributed by atoms with E-state index in [4.69, 9.17) is 9.47 Å². The fraction of sp³-hybridized carbons (Fsp3) is 0.250. The molecular weight excluding hydrogens is 334 g/mol. The molecule has 1 aliphatic heterocycles. The molecule has 1 atom stereocenters. The minimum absolute atomic E-state index is 0.116. The zero-order valence-corrected chi connectivity index (χ0v) is 15.5. The smallest absolute Gasteiger partial charge is 0.119 e.